The number of nitrogens with two attached hydrogens (primary N) is 1. The van der Waals surface area contributed by atoms with E-state index in [0.29, 0.717) is 29.4 Å². The van der Waals surface area contributed by atoms with Crippen molar-refractivity contribution in [1.82, 2.24) is 24.9 Å². The van der Waals surface area contributed by atoms with Gasteiger partial charge in [0.05, 0.1) is 12.8 Å². The molecule has 8 nitrogen and oxygen atoms in total. The Balaban J connectivity index is 1.58. The maximum atomic E-state index is 12.6. The van der Waals surface area contributed by atoms with Crippen LogP contribution < -0.4 is 15.8 Å². The standard InChI is InChI=1S/C19H18N6O2/c1-27-15-7-3-2-5-12(15)11-22-19(26)13-9-16(20)25-17(10-13)23-18(24-25)14-6-4-8-21-14/h2-10,21H,11,20H2,1H3,(H,22,26). The lowest BCUT2D eigenvalue weighted by Gasteiger charge is -2.10. The van der Waals surface area contributed by atoms with Crippen LogP contribution in [-0.4, -0.2) is 32.6 Å². The summed E-state index contributed by atoms with van der Waals surface area (Å²) >= 11 is 0. The molecule has 0 bridgehead atoms. The van der Waals surface area contributed by atoms with Crippen LogP contribution in [0.25, 0.3) is 17.2 Å². The molecule has 0 radical (unpaired) electrons. The number of fused-ring (bicyclic) bond motifs is 1. The van der Waals surface area contributed by atoms with Gasteiger partial charge < -0.3 is 20.8 Å². The highest BCUT2D eigenvalue weighted by Crippen LogP contribution is 2.19. The molecule has 27 heavy (non-hydrogen) atoms. The van der Waals surface area contributed by atoms with Crippen molar-refractivity contribution in [3.8, 4) is 17.3 Å². The lowest BCUT2D eigenvalue weighted by molar-refractivity contribution is 0.0950. The third kappa shape index (κ3) is 3.20. The number of methoxy groups -OCH3 is 1. The van der Waals surface area contributed by atoms with Gasteiger partial charge in [0, 0.05) is 23.9 Å². The number of carbonyl (C=O) groups is 1. The number of anilines is 1. The summed E-state index contributed by atoms with van der Waals surface area (Å²) < 4.78 is 6.81. The molecule has 0 atom stereocenters. The highest BCUT2D eigenvalue weighted by molar-refractivity contribution is 5.96. The van der Waals surface area contributed by atoms with E-state index in [1.54, 1.807) is 25.4 Å². The molecule has 4 N–H and O–H groups in total. The van der Waals surface area contributed by atoms with Crippen molar-refractivity contribution in [2.24, 2.45) is 0 Å². The van der Waals surface area contributed by atoms with E-state index in [9.17, 15) is 4.79 Å². The third-order valence-corrected chi connectivity index (χ3v) is 4.20. The summed E-state index contributed by atoms with van der Waals surface area (Å²) in [5, 5.41) is 7.25. The molecule has 136 valence electrons. The van der Waals surface area contributed by atoms with E-state index >= 15 is 0 Å². The summed E-state index contributed by atoms with van der Waals surface area (Å²) in [6, 6.07) is 14.5. The van der Waals surface area contributed by atoms with Crippen LogP contribution in [0, 0.1) is 0 Å². The van der Waals surface area contributed by atoms with Gasteiger partial charge in [-0.25, -0.2) is 4.98 Å². The first-order chi connectivity index (χ1) is 13.2. The van der Waals surface area contributed by atoms with Crippen LogP contribution >= 0.6 is 0 Å². The van der Waals surface area contributed by atoms with Crippen molar-refractivity contribution >= 4 is 17.4 Å². The summed E-state index contributed by atoms with van der Waals surface area (Å²) in [6.07, 6.45) is 1.79. The average Bonchev–Trinajstić information content (AvgIpc) is 3.35. The number of nitrogens with one attached hydrogen (secondary N) is 2. The molecule has 0 aliphatic carbocycles. The van der Waals surface area contributed by atoms with Crippen molar-refractivity contribution in [2.75, 3.05) is 12.8 Å². The first-order valence-electron chi connectivity index (χ1n) is 8.36. The zero-order chi connectivity index (χ0) is 18.8. The number of carbonyl (C=O) groups excluding carboxylic acids is 1. The fraction of sp³-hybridized carbons (Fsp3) is 0.105. The summed E-state index contributed by atoms with van der Waals surface area (Å²) in [5.74, 6) is 1.32. The Labute approximate surface area is 155 Å². The molecule has 0 unspecified atom stereocenters. The number of ether oxygens (including phenoxy) is 1. The maximum absolute atomic E-state index is 12.6. The van der Waals surface area contributed by atoms with Crippen LogP contribution in [0.15, 0.2) is 54.7 Å². The lowest BCUT2D eigenvalue weighted by atomic mass is 10.2. The van der Waals surface area contributed by atoms with Gasteiger partial charge in [-0.05, 0) is 30.3 Å². The second-order valence-electron chi connectivity index (χ2n) is 5.95. The Morgan fingerprint density at radius 2 is 2.11 bits per heavy atom. The normalized spacial score (nSPS) is 10.9. The van der Waals surface area contributed by atoms with Gasteiger partial charge in [-0.2, -0.15) is 4.52 Å². The monoisotopic (exact) mass is 362 g/mol. The Morgan fingerprint density at radius 1 is 1.26 bits per heavy atom. The second kappa shape index (κ2) is 6.83. The van der Waals surface area contributed by atoms with Crippen LogP contribution in [-0.2, 0) is 6.54 Å². The number of hydrogen-bond donors (Lipinski definition) is 3. The number of benzene rings is 1. The van der Waals surface area contributed by atoms with Gasteiger partial charge in [0.15, 0.2) is 11.5 Å². The molecule has 1 amide bonds. The van der Waals surface area contributed by atoms with Crippen LogP contribution in [0.1, 0.15) is 15.9 Å². The zero-order valence-electron chi connectivity index (χ0n) is 14.6. The summed E-state index contributed by atoms with van der Waals surface area (Å²) in [6.45, 7) is 0.342. The minimum atomic E-state index is -0.250. The molecular weight excluding hydrogens is 344 g/mol. The van der Waals surface area contributed by atoms with Gasteiger partial charge >= 0.3 is 0 Å². The SMILES string of the molecule is COc1ccccc1CNC(=O)c1cc(N)n2nc(-c3ccc[nH]3)nc2c1. The highest BCUT2D eigenvalue weighted by atomic mass is 16.5. The molecule has 0 fully saturated rings. The van der Waals surface area contributed by atoms with Crippen molar-refractivity contribution in [2.45, 2.75) is 6.54 Å². The van der Waals surface area contributed by atoms with Gasteiger partial charge in [0.2, 0.25) is 0 Å². The molecule has 1 aromatic carbocycles. The van der Waals surface area contributed by atoms with E-state index in [1.807, 2.05) is 36.4 Å². The van der Waals surface area contributed by atoms with Gasteiger partial charge in [-0.3, -0.25) is 4.79 Å². The summed E-state index contributed by atoms with van der Waals surface area (Å²) in [4.78, 5) is 20.1. The number of nitrogen functional groups attached to an aromatic ring is 1. The number of nitrogens with zero attached hydrogens (tertiary/aromatic N) is 3. The topological polar surface area (TPSA) is 110 Å². The molecule has 0 aliphatic heterocycles. The first kappa shape index (κ1) is 16.6. The highest BCUT2D eigenvalue weighted by Gasteiger charge is 2.14. The summed E-state index contributed by atoms with van der Waals surface area (Å²) in [7, 11) is 1.60. The van der Waals surface area contributed by atoms with Crippen molar-refractivity contribution < 1.29 is 9.53 Å². The Morgan fingerprint density at radius 3 is 2.89 bits per heavy atom. The molecule has 4 aromatic rings. The van der Waals surface area contributed by atoms with E-state index in [-0.39, 0.29) is 5.91 Å². The zero-order valence-corrected chi connectivity index (χ0v) is 14.6. The Kier molecular flexibility index (Phi) is 4.21. The van der Waals surface area contributed by atoms with Gasteiger partial charge in [0.1, 0.15) is 11.6 Å². The first-order valence-corrected chi connectivity index (χ1v) is 8.36. The fourth-order valence-corrected chi connectivity index (χ4v) is 2.85. The van der Waals surface area contributed by atoms with E-state index in [0.717, 1.165) is 17.0 Å². The number of H-pyrrole nitrogens is 1. The second-order valence-corrected chi connectivity index (χ2v) is 5.95. The van der Waals surface area contributed by atoms with Gasteiger partial charge in [-0.1, -0.05) is 18.2 Å². The van der Waals surface area contributed by atoms with E-state index in [2.05, 4.69) is 20.4 Å². The molecule has 3 aromatic heterocycles. The molecule has 0 saturated heterocycles. The molecule has 0 spiro atoms. The minimum absolute atomic E-state index is 0.250. The average molecular weight is 362 g/mol. The number of pyridine rings is 1. The van der Waals surface area contributed by atoms with Gasteiger partial charge in [-0.15, -0.1) is 5.10 Å². The van der Waals surface area contributed by atoms with E-state index in [1.165, 1.54) is 4.52 Å². The number of hydrogen-bond acceptors (Lipinski definition) is 5. The summed E-state index contributed by atoms with van der Waals surface area (Å²) in [5.41, 5.74) is 8.65. The van der Waals surface area contributed by atoms with Crippen molar-refractivity contribution in [3.05, 3.63) is 65.9 Å². The Bertz CT molecular complexity index is 1100. The number of para-hydroxylation sites is 1. The number of aromatic amines is 1. The fourth-order valence-electron chi connectivity index (χ4n) is 2.85. The van der Waals surface area contributed by atoms with E-state index in [4.69, 9.17) is 10.5 Å². The Hall–Kier alpha value is -3.81. The van der Waals surface area contributed by atoms with E-state index < -0.39 is 0 Å². The van der Waals surface area contributed by atoms with Crippen LogP contribution in [0.3, 0.4) is 0 Å². The number of aromatic nitrogens is 4. The minimum Gasteiger partial charge on any atom is -0.496 e. The van der Waals surface area contributed by atoms with Gasteiger partial charge in [0.25, 0.3) is 5.91 Å². The molecule has 0 saturated carbocycles. The molecule has 3 heterocycles. The van der Waals surface area contributed by atoms with Crippen LogP contribution in [0.4, 0.5) is 5.82 Å². The quantitative estimate of drug-likeness (QED) is 0.504. The maximum Gasteiger partial charge on any atom is 0.251 e. The molecule has 0 aliphatic rings. The smallest absolute Gasteiger partial charge is 0.251 e. The predicted octanol–water partition coefficient (Wildman–Crippen LogP) is 2.25. The van der Waals surface area contributed by atoms with Crippen LogP contribution in [0.5, 0.6) is 5.75 Å². The lowest BCUT2D eigenvalue weighted by Crippen LogP contribution is -2.23. The molecule has 4 rings (SSSR count). The van der Waals surface area contributed by atoms with Crippen molar-refractivity contribution in [3.63, 3.8) is 0 Å². The number of rotatable bonds is 5. The molecular formula is C19H18N6O2. The number of amides is 1. The third-order valence-electron chi connectivity index (χ3n) is 4.20. The molecule has 8 heteroatoms. The predicted molar refractivity (Wildman–Crippen MR) is 101 cm³/mol. The van der Waals surface area contributed by atoms with Crippen LogP contribution in [0.2, 0.25) is 0 Å². The van der Waals surface area contributed by atoms with Crippen molar-refractivity contribution in [1.29, 1.82) is 0 Å². The largest absolute Gasteiger partial charge is 0.496 e.